The van der Waals surface area contributed by atoms with Crippen molar-refractivity contribution in [1.82, 2.24) is 4.57 Å². The molecule has 2 aromatic carbocycles. The summed E-state index contributed by atoms with van der Waals surface area (Å²) < 4.78 is 41.1. The normalized spacial score (nSPS) is 12.1. The highest BCUT2D eigenvalue weighted by atomic mass is 32.2. The highest BCUT2D eigenvalue weighted by Gasteiger charge is 2.15. The summed E-state index contributed by atoms with van der Waals surface area (Å²) in [5, 5.41) is 5.24. The summed E-state index contributed by atoms with van der Waals surface area (Å²) in [6.07, 6.45) is 0.0466. The maximum Gasteiger partial charge on any atom is 0.307 e. The molecule has 0 saturated carbocycles. The summed E-state index contributed by atoms with van der Waals surface area (Å²) in [7, 11) is -0.973. The Morgan fingerprint density at radius 2 is 1.76 bits per heavy atom. The van der Waals surface area contributed by atoms with Gasteiger partial charge in [-0.3, -0.25) is 9.59 Å². The van der Waals surface area contributed by atoms with Gasteiger partial charge in [0.25, 0.3) is 5.91 Å². The van der Waals surface area contributed by atoms with Crippen LogP contribution in [0.5, 0.6) is 11.5 Å². The quantitative estimate of drug-likeness (QED) is 0.474. The van der Waals surface area contributed by atoms with Crippen LogP contribution in [0.2, 0.25) is 0 Å². The minimum absolute atomic E-state index is 0.0466. The molecule has 33 heavy (non-hydrogen) atoms. The number of ether oxygens (including phenoxy) is 3. The van der Waals surface area contributed by atoms with Crippen molar-refractivity contribution in [2.75, 3.05) is 20.8 Å². The van der Waals surface area contributed by atoms with E-state index in [4.69, 9.17) is 19.3 Å². The molecule has 12 heteroatoms. The fourth-order valence-electron chi connectivity index (χ4n) is 3.05. The summed E-state index contributed by atoms with van der Waals surface area (Å²) in [5.74, 6) is -0.106. The number of nitrogens with two attached hydrogens (primary N) is 1. The third-order valence-electron chi connectivity index (χ3n) is 4.62. The monoisotopic (exact) mass is 493 g/mol. The predicted octanol–water partition coefficient (Wildman–Crippen LogP) is 2.06. The van der Waals surface area contributed by atoms with Crippen LogP contribution in [0.3, 0.4) is 0 Å². The summed E-state index contributed by atoms with van der Waals surface area (Å²) in [6, 6.07) is 9.03. The highest BCUT2D eigenvalue weighted by Crippen LogP contribution is 2.24. The van der Waals surface area contributed by atoms with Gasteiger partial charge in [-0.25, -0.2) is 13.6 Å². The number of methoxy groups -OCH3 is 2. The van der Waals surface area contributed by atoms with Crippen molar-refractivity contribution in [3.63, 3.8) is 0 Å². The van der Waals surface area contributed by atoms with E-state index in [1.54, 1.807) is 23.6 Å². The number of carbonyl (C=O) groups is 2. The van der Waals surface area contributed by atoms with Crippen molar-refractivity contribution in [1.29, 1.82) is 0 Å². The fraction of sp³-hybridized carbons (Fsp3) is 0.286. The molecule has 2 N–H and O–H groups in total. The molecule has 0 aliphatic rings. The van der Waals surface area contributed by atoms with Crippen LogP contribution in [0, 0.1) is 0 Å². The number of primary sulfonamides is 1. The first-order valence-electron chi connectivity index (χ1n) is 9.80. The van der Waals surface area contributed by atoms with E-state index in [0.717, 1.165) is 11.3 Å². The Balaban J connectivity index is 2.12. The first-order valence-corrected chi connectivity index (χ1v) is 12.2. The van der Waals surface area contributed by atoms with E-state index >= 15 is 0 Å². The van der Waals surface area contributed by atoms with Gasteiger partial charge in [-0.2, -0.15) is 4.99 Å². The van der Waals surface area contributed by atoms with Crippen molar-refractivity contribution in [3.05, 3.63) is 46.8 Å². The average Bonchev–Trinajstić information content (AvgIpc) is 3.12. The van der Waals surface area contributed by atoms with Crippen molar-refractivity contribution < 1.29 is 32.2 Å². The second kappa shape index (κ2) is 10.1. The first-order chi connectivity index (χ1) is 15.7. The zero-order valence-corrected chi connectivity index (χ0v) is 19.9. The molecule has 0 bridgehead atoms. The highest BCUT2D eigenvalue weighted by molar-refractivity contribution is 7.89. The number of nitrogens with zero attached hydrogens (tertiary/aromatic N) is 2. The van der Waals surface area contributed by atoms with E-state index in [1.165, 1.54) is 38.5 Å². The van der Waals surface area contributed by atoms with Crippen LogP contribution >= 0.6 is 11.3 Å². The molecular weight excluding hydrogens is 470 g/mol. The number of benzene rings is 2. The standard InChI is InChI=1S/C21H23N3O7S2/c1-4-31-19(25)7-8-24-17-6-5-16(33(22,27)28)12-18(17)32-21(24)23-20(26)13-9-14(29-2)11-15(10-13)30-3/h5-6,9-12H,4,7-8H2,1-3H3,(H2,22,27,28). The maximum absolute atomic E-state index is 13.0. The second-order valence-electron chi connectivity index (χ2n) is 6.78. The number of esters is 1. The molecule has 0 aliphatic heterocycles. The molecular formula is C21H23N3O7S2. The lowest BCUT2D eigenvalue weighted by molar-refractivity contribution is -0.143. The molecule has 0 spiro atoms. The number of aryl methyl sites for hydroxylation is 1. The summed E-state index contributed by atoms with van der Waals surface area (Å²) in [4.78, 5) is 29.3. The Kier molecular flexibility index (Phi) is 7.51. The van der Waals surface area contributed by atoms with Crippen molar-refractivity contribution in [3.8, 4) is 11.5 Å². The number of amides is 1. The van der Waals surface area contributed by atoms with Gasteiger partial charge in [-0.15, -0.1) is 0 Å². The van der Waals surface area contributed by atoms with Crippen molar-refractivity contribution >= 4 is 43.5 Å². The van der Waals surface area contributed by atoms with Gasteiger partial charge in [0.1, 0.15) is 11.5 Å². The molecule has 0 atom stereocenters. The van der Waals surface area contributed by atoms with E-state index in [9.17, 15) is 18.0 Å². The third kappa shape index (κ3) is 5.78. The van der Waals surface area contributed by atoms with Crippen LogP contribution in [0.4, 0.5) is 0 Å². The first kappa shape index (κ1) is 24.4. The van der Waals surface area contributed by atoms with Gasteiger partial charge in [-0.1, -0.05) is 11.3 Å². The average molecular weight is 494 g/mol. The van der Waals surface area contributed by atoms with Gasteiger partial charge in [0.2, 0.25) is 10.0 Å². The molecule has 0 aliphatic carbocycles. The van der Waals surface area contributed by atoms with Gasteiger partial charge >= 0.3 is 5.97 Å². The Bertz CT molecular complexity index is 1350. The lowest BCUT2D eigenvalue weighted by atomic mass is 10.2. The van der Waals surface area contributed by atoms with Gasteiger partial charge in [-0.05, 0) is 37.3 Å². The molecule has 3 aromatic rings. The number of aromatic nitrogens is 1. The molecule has 0 saturated heterocycles. The predicted molar refractivity (Wildman–Crippen MR) is 122 cm³/mol. The van der Waals surface area contributed by atoms with Crippen LogP contribution in [-0.2, 0) is 26.1 Å². The number of sulfonamides is 1. The van der Waals surface area contributed by atoms with E-state index in [-0.39, 0.29) is 34.8 Å². The van der Waals surface area contributed by atoms with Crippen molar-refractivity contribution in [2.45, 2.75) is 24.8 Å². The number of rotatable bonds is 8. The maximum atomic E-state index is 13.0. The van der Waals surface area contributed by atoms with Crippen LogP contribution in [0.1, 0.15) is 23.7 Å². The van der Waals surface area contributed by atoms with E-state index in [2.05, 4.69) is 4.99 Å². The van der Waals surface area contributed by atoms with Gasteiger partial charge in [0.15, 0.2) is 4.80 Å². The van der Waals surface area contributed by atoms with E-state index in [1.807, 2.05) is 0 Å². The smallest absolute Gasteiger partial charge is 0.307 e. The summed E-state index contributed by atoms with van der Waals surface area (Å²) in [5.41, 5.74) is 0.845. The van der Waals surface area contributed by atoms with E-state index in [0.29, 0.717) is 21.7 Å². The summed E-state index contributed by atoms with van der Waals surface area (Å²) >= 11 is 1.10. The lowest BCUT2D eigenvalue weighted by Gasteiger charge is -2.07. The Labute approximate surface area is 194 Å². The SMILES string of the molecule is CCOC(=O)CCn1c(=NC(=O)c2cc(OC)cc(OC)c2)sc2cc(S(N)(=O)=O)ccc21. The number of hydrogen-bond donors (Lipinski definition) is 1. The number of thiazole rings is 1. The van der Waals surface area contributed by atoms with Crippen LogP contribution in [-0.4, -0.2) is 45.7 Å². The Morgan fingerprint density at radius 1 is 1.09 bits per heavy atom. The van der Waals surface area contributed by atoms with E-state index < -0.39 is 21.9 Å². The molecule has 3 rings (SSSR count). The van der Waals surface area contributed by atoms with Crippen LogP contribution in [0.15, 0.2) is 46.3 Å². The number of hydrogen-bond acceptors (Lipinski definition) is 8. The molecule has 1 amide bonds. The molecule has 1 heterocycles. The zero-order valence-electron chi connectivity index (χ0n) is 18.2. The summed E-state index contributed by atoms with van der Waals surface area (Å²) in [6.45, 7) is 2.14. The lowest BCUT2D eigenvalue weighted by Crippen LogP contribution is -2.19. The Morgan fingerprint density at radius 3 is 2.33 bits per heavy atom. The van der Waals surface area contributed by atoms with Crippen LogP contribution < -0.4 is 19.4 Å². The minimum Gasteiger partial charge on any atom is -0.497 e. The molecule has 0 unspecified atom stereocenters. The Hall–Kier alpha value is -3.22. The molecule has 0 radical (unpaired) electrons. The molecule has 176 valence electrons. The molecule has 10 nitrogen and oxygen atoms in total. The fourth-order valence-corrected chi connectivity index (χ4v) is 4.76. The number of carbonyl (C=O) groups excluding carboxylic acids is 2. The topological polar surface area (TPSA) is 139 Å². The van der Waals surface area contributed by atoms with Gasteiger partial charge < -0.3 is 18.8 Å². The van der Waals surface area contributed by atoms with Gasteiger partial charge in [0.05, 0.1) is 42.4 Å². The van der Waals surface area contributed by atoms with Gasteiger partial charge in [0, 0.05) is 18.2 Å². The van der Waals surface area contributed by atoms with Crippen molar-refractivity contribution in [2.24, 2.45) is 10.1 Å². The second-order valence-corrected chi connectivity index (χ2v) is 9.35. The number of fused-ring (bicyclic) bond motifs is 1. The van der Waals surface area contributed by atoms with Crippen LogP contribution in [0.25, 0.3) is 10.2 Å². The largest absolute Gasteiger partial charge is 0.497 e. The zero-order chi connectivity index (χ0) is 24.2. The minimum atomic E-state index is -3.91. The third-order valence-corrected chi connectivity index (χ3v) is 6.58. The molecule has 0 fully saturated rings. The molecule has 1 aromatic heterocycles.